The number of nitrogens with two attached hydrogens (primary N) is 1. The zero-order valence-corrected chi connectivity index (χ0v) is 12.7. The molecular formula is C15H18ClN3O2. The van der Waals surface area contributed by atoms with E-state index in [0.717, 1.165) is 11.1 Å². The number of pyridine rings is 1. The standard InChI is InChI=1S/C15H18ClN3O2/c1-20-14-8-11(7-12(16)15(14)21-2)13(19-17)6-10-4-3-5-18-9-10/h3-5,7-9,13,19H,6,17H2,1-2H3. The number of halogens is 1. The summed E-state index contributed by atoms with van der Waals surface area (Å²) in [5, 5.41) is 0.485. The number of hydrogen-bond donors (Lipinski definition) is 2. The molecule has 0 amide bonds. The lowest BCUT2D eigenvalue weighted by atomic mass is 10.00. The zero-order valence-electron chi connectivity index (χ0n) is 12.0. The van der Waals surface area contributed by atoms with Gasteiger partial charge in [0.1, 0.15) is 0 Å². The highest BCUT2D eigenvalue weighted by Gasteiger charge is 2.17. The SMILES string of the molecule is COc1cc(C(Cc2cccnc2)NN)cc(Cl)c1OC. The van der Waals surface area contributed by atoms with Crippen LogP contribution in [0.2, 0.25) is 5.02 Å². The van der Waals surface area contributed by atoms with Crippen molar-refractivity contribution in [1.29, 1.82) is 0 Å². The summed E-state index contributed by atoms with van der Waals surface area (Å²) in [6, 6.07) is 7.48. The first-order chi connectivity index (χ1) is 10.2. The van der Waals surface area contributed by atoms with E-state index in [1.54, 1.807) is 20.4 Å². The molecule has 0 spiro atoms. The summed E-state index contributed by atoms with van der Waals surface area (Å²) in [4.78, 5) is 4.11. The van der Waals surface area contributed by atoms with E-state index in [2.05, 4.69) is 10.4 Å². The fourth-order valence-corrected chi connectivity index (χ4v) is 2.46. The molecule has 0 bridgehead atoms. The number of rotatable bonds is 6. The predicted octanol–water partition coefficient (Wildman–Crippen LogP) is 2.50. The predicted molar refractivity (Wildman–Crippen MR) is 82.6 cm³/mol. The van der Waals surface area contributed by atoms with Crippen molar-refractivity contribution >= 4 is 11.6 Å². The van der Waals surface area contributed by atoms with Gasteiger partial charge in [0.25, 0.3) is 0 Å². The third kappa shape index (κ3) is 3.64. The molecule has 0 saturated carbocycles. The van der Waals surface area contributed by atoms with Crippen LogP contribution in [0, 0.1) is 0 Å². The van der Waals surface area contributed by atoms with E-state index in [4.69, 9.17) is 26.9 Å². The molecule has 2 rings (SSSR count). The van der Waals surface area contributed by atoms with Gasteiger partial charge in [0, 0.05) is 12.4 Å². The molecule has 6 heteroatoms. The first-order valence-electron chi connectivity index (χ1n) is 6.46. The second kappa shape index (κ2) is 7.26. The van der Waals surface area contributed by atoms with Gasteiger partial charge in [-0.1, -0.05) is 17.7 Å². The summed E-state index contributed by atoms with van der Waals surface area (Å²) in [6.07, 6.45) is 4.24. The lowest BCUT2D eigenvalue weighted by Crippen LogP contribution is -2.29. The van der Waals surface area contributed by atoms with Crippen molar-refractivity contribution in [3.05, 3.63) is 52.8 Å². The molecule has 0 aliphatic carbocycles. The fraction of sp³-hybridized carbons (Fsp3) is 0.267. The van der Waals surface area contributed by atoms with E-state index in [0.29, 0.717) is 22.9 Å². The minimum absolute atomic E-state index is 0.105. The molecule has 0 saturated heterocycles. The number of nitrogens with one attached hydrogen (secondary N) is 1. The Morgan fingerprint density at radius 1 is 1.33 bits per heavy atom. The lowest BCUT2D eigenvalue weighted by Gasteiger charge is -2.19. The van der Waals surface area contributed by atoms with Gasteiger partial charge < -0.3 is 9.47 Å². The summed E-state index contributed by atoms with van der Waals surface area (Å²) in [6.45, 7) is 0. The van der Waals surface area contributed by atoms with Crippen LogP contribution in [0.3, 0.4) is 0 Å². The van der Waals surface area contributed by atoms with Crippen LogP contribution in [0.4, 0.5) is 0 Å². The highest BCUT2D eigenvalue weighted by atomic mass is 35.5. The van der Waals surface area contributed by atoms with E-state index in [1.165, 1.54) is 0 Å². The van der Waals surface area contributed by atoms with Gasteiger partial charge in [-0.05, 0) is 35.7 Å². The number of hydrazine groups is 1. The van der Waals surface area contributed by atoms with Crippen LogP contribution in [0.1, 0.15) is 17.2 Å². The van der Waals surface area contributed by atoms with Crippen molar-refractivity contribution in [2.45, 2.75) is 12.5 Å². The molecule has 5 nitrogen and oxygen atoms in total. The average Bonchev–Trinajstić information content (AvgIpc) is 2.52. The molecule has 3 N–H and O–H groups in total. The normalized spacial score (nSPS) is 12.0. The minimum Gasteiger partial charge on any atom is -0.493 e. The Hall–Kier alpha value is -1.82. The van der Waals surface area contributed by atoms with E-state index in [-0.39, 0.29) is 6.04 Å². The maximum Gasteiger partial charge on any atom is 0.179 e. The van der Waals surface area contributed by atoms with Gasteiger partial charge >= 0.3 is 0 Å². The van der Waals surface area contributed by atoms with E-state index in [9.17, 15) is 0 Å². The number of methoxy groups -OCH3 is 2. The second-order valence-electron chi connectivity index (χ2n) is 4.52. The summed E-state index contributed by atoms with van der Waals surface area (Å²) in [7, 11) is 3.13. The van der Waals surface area contributed by atoms with E-state index < -0.39 is 0 Å². The molecule has 0 aliphatic heterocycles. The highest BCUT2D eigenvalue weighted by molar-refractivity contribution is 6.32. The first-order valence-corrected chi connectivity index (χ1v) is 6.83. The summed E-state index contributed by atoms with van der Waals surface area (Å²) >= 11 is 6.23. The van der Waals surface area contributed by atoms with Crippen LogP contribution in [-0.2, 0) is 6.42 Å². The Bertz CT molecular complexity index is 593. The molecule has 1 heterocycles. The van der Waals surface area contributed by atoms with Crippen LogP contribution in [-0.4, -0.2) is 19.2 Å². The van der Waals surface area contributed by atoms with Crippen molar-refractivity contribution in [2.75, 3.05) is 14.2 Å². The Morgan fingerprint density at radius 3 is 2.71 bits per heavy atom. The van der Waals surface area contributed by atoms with Crippen molar-refractivity contribution in [2.24, 2.45) is 5.84 Å². The van der Waals surface area contributed by atoms with Crippen LogP contribution < -0.4 is 20.7 Å². The molecular weight excluding hydrogens is 290 g/mol. The largest absolute Gasteiger partial charge is 0.493 e. The number of benzene rings is 1. The van der Waals surface area contributed by atoms with Crippen molar-refractivity contribution in [1.82, 2.24) is 10.4 Å². The van der Waals surface area contributed by atoms with Crippen molar-refractivity contribution in [3.63, 3.8) is 0 Å². The van der Waals surface area contributed by atoms with Crippen LogP contribution in [0.25, 0.3) is 0 Å². The average molecular weight is 308 g/mol. The Kier molecular flexibility index (Phi) is 5.38. The summed E-state index contributed by atoms with van der Waals surface area (Å²) in [5.74, 6) is 6.77. The Morgan fingerprint density at radius 2 is 2.14 bits per heavy atom. The highest BCUT2D eigenvalue weighted by Crippen LogP contribution is 2.38. The Balaban J connectivity index is 2.32. The smallest absolute Gasteiger partial charge is 0.179 e. The molecule has 0 aliphatic rings. The fourth-order valence-electron chi connectivity index (χ4n) is 2.17. The maximum absolute atomic E-state index is 6.23. The van der Waals surface area contributed by atoms with Gasteiger partial charge in [0.2, 0.25) is 0 Å². The maximum atomic E-state index is 6.23. The number of nitrogens with zero attached hydrogens (tertiary/aromatic N) is 1. The van der Waals surface area contributed by atoms with Gasteiger partial charge in [0.15, 0.2) is 11.5 Å². The van der Waals surface area contributed by atoms with Crippen molar-refractivity contribution in [3.8, 4) is 11.5 Å². The number of ether oxygens (including phenoxy) is 2. The number of aromatic nitrogens is 1. The topological polar surface area (TPSA) is 69.4 Å². The van der Waals surface area contributed by atoms with Crippen LogP contribution >= 0.6 is 11.6 Å². The molecule has 1 unspecified atom stereocenters. The lowest BCUT2D eigenvalue weighted by molar-refractivity contribution is 0.354. The molecule has 112 valence electrons. The van der Waals surface area contributed by atoms with E-state index in [1.807, 2.05) is 30.5 Å². The van der Waals surface area contributed by atoms with Gasteiger partial charge in [-0.25, -0.2) is 0 Å². The molecule has 21 heavy (non-hydrogen) atoms. The second-order valence-corrected chi connectivity index (χ2v) is 4.93. The molecule has 0 fully saturated rings. The van der Waals surface area contributed by atoms with Crippen LogP contribution in [0.5, 0.6) is 11.5 Å². The van der Waals surface area contributed by atoms with Crippen molar-refractivity contribution < 1.29 is 9.47 Å². The molecule has 1 aromatic carbocycles. The third-order valence-electron chi connectivity index (χ3n) is 3.22. The molecule has 1 aromatic heterocycles. The Labute approximate surface area is 129 Å². The first kappa shape index (κ1) is 15.6. The summed E-state index contributed by atoms with van der Waals surface area (Å²) < 4.78 is 10.5. The van der Waals surface area contributed by atoms with Gasteiger partial charge in [-0.15, -0.1) is 0 Å². The van der Waals surface area contributed by atoms with Gasteiger partial charge in [-0.2, -0.15) is 0 Å². The van der Waals surface area contributed by atoms with Gasteiger partial charge in [0.05, 0.1) is 25.3 Å². The number of hydrogen-bond acceptors (Lipinski definition) is 5. The molecule has 2 aromatic rings. The zero-order chi connectivity index (χ0) is 15.2. The third-order valence-corrected chi connectivity index (χ3v) is 3.50. The van der Waals surface area contributed by atoms with Gasteiger partial charge in [-0.3, -0.25) is 16.3 Å². The monoisotopic (exact) mass is 307 g/mol. The van der Waals surface area contributed by atoms with Crippen LogP contribution in [0.15, 0.2) is 36.7 Å². The molecule has 1 atom stereocenters. The quantitative estimate of drug-likeness (QED) is 0.634. The molecule has 0 radical (unpaired) electrons. The summed E-state index contributed by atoms with van der Waals surface area (Å²) in [5.41, 5.74) is 4.80. The minimum atomic E-state index is -0.105. The van der Waals surface area contributed by atoms with E-state index >= 15 is 0 Å².